The summed E-state index contributed by atoms with van der Waals surface area (Å²) in [5, 5.41) is 0. The van der Waals surface area contributed by atoms with Crippen molar-refractivity contribution in [3.05, 3.63) is 33.2 Å². The Morgan fingerprint density at radius 3 is 2.82 bits per heavy atom. The predicted octanol–water partition coefficient (Wildman–Crippen LogP) is 0.715. The predicted molar refractivity (Wildman–Crippen MR) is 81.3 cm³/mol. The molecule has 0 aromatic carbocycles. The number of aromatic amines is 1. The van der Waals surface area contributed by atoms with E-state index in [0.717, 1.165) is 30.6 Å². The summed E-state index contributed by atoms with van der Waals surface area (Å²) < 4.78 is 0. The normalized spacial score (nSPS) is 21.2. The number of fused-ring (bicyclic) bond motifs is 1. The molecule has 2 fully saturated rings. The molecule has 118 valence electrons. The van der Waals surface area contributed by atoms with Gasteiger partial charge in [0.15, 0.2) is 0 Å². The second kappa shape index (κ2) is 5.59. The lowest BCUT2D eigenvalue weighted by Crippen LogP contribution is -2.55. The van der Waals surface area contributed by atoms with E-state index in [0.29, 0.717) is 18.5 Å². The van der Waals surface area contributed by atoms with Gasteiger partial charge in [-0.25, -0.2) is 0 Å². The van der Waals surface area contributed by atoms with Crippen molar-refractivity contribution in [3.8, 4) is 0 Å². The van der Waals surface area contributed by atoms with Crippen LogP contribution in [0, 0.1) is 13.8 Å². The van der Waals surface area contributed by atoms with Crippen LogP contribution in [0.15, 0.2) is 10.9 Å². The van der Waals surface area contributed by atoms with Crippen LogP contribution < -0.4 is 5.56 Å². The molecule has 6 heteroatoms. The van der Waals surface area contributed by atoms with Crippen LogP contribution in [-0.4, -0.2) is 45.9 Å². The summed E-state index contributed by atoms with van der Waals surface area (Å²) in [6.07, 6.45) is 2.13. The largest absolute Gasteiger partial charge is 0.326 e. The maximum absolute atomic E-state index is 12.6. The summed E-state index contributed by atoms with van der Waals surface area (Å²) in [5.74, 6) is 0.0674. The van der Waals surface area contributed by atoms with Gasteiger partial charge < -0.3 is 14.8 Å². The first-order valence-corrected chi connectivity index (χ1v) is 7.75. The maximum Gasteiger partial charge on any atom is 0.252 e. The zero-order valence-corrected chi connectivity index (χ0v) is 13.0. The minimum Gasteiger partial charge on any atom is -0.326 e. The molecule has 3 rings (SSSR count). The Kier molecular flexibility index (Phi) is 3.76. The molecule has 6 nitrogen and oxygen atoms in total. The van der Waals surface area contributed by atoms with E-state index in [1.165, 1.54) is 0 Å². The van der Waals surface area contributed by atoms with Gasteiger partial charge in [0.2, 0.25) is 11.8 Å². The molecule has 0 spiro atoms. The van der Waals surface area contributed by atoms with Crippen LogP contribution in [0.5, 0.6) is 0 Å². The van der Waals surface area contributed by atoms with E-state index >= 15 is 0 Å². The van der Waals surface area contributed by atoms with Crippen LogP contribution in [0.25, 0.3) is 0 Å². The molecule has 1 N–H and O–H groups in total. The van der Waals surface area contributed by atoms with E-state index in [1.54, 1.807) is 9.80 Å². The van der Waals surface area contributed by atoms with E-state index < -0.39 is 0 Å². The summed E-state index contributed by atoms with van der Waals surface area (Å²) in [5.41, 5.74) is 1.97. The van der Waals surface area contributed by atoms with Crippen LogP contribution >= 0.6 is 0 Å². The molecule has 0 aliphatic carbocycles. The van der Waals surface area contributed by atoms with Gasteiger partial charge in [0, 0.05) is 30.8 Å². The van der Waals surface area contributed by atoms with Crippen LogP contribution in [0.3, 0.4) is 0 Å². The molecule has 2 aliphatic rings. The SMILES string of the molecule is Cc1cc(C)c(CC(=O)N2CCC(=O)N3CCCC32)c(=O)[nH]1. The lowest BCUT2D eigenvalue weighted by atomic mass is 10.1. The van der Waals surface area contributed by atoms with Gasteiger partial charge in [-0.3, -0.25) is 14.4 Å². The Balaban J connectivity index is 1.80. The molecule has 2 amide bonds. The topological polar surface area (TPSA) is 73.5 Å². The van der Waals surface area contributed by atoms with Gasteiger partial charge in [-0.2, -0.15) is 0 Å². The van der Waals surface area contributed by atoms with Gasteiger partial charge in [0.25, 0.3) is 5.56 Å². The number of hydrogen-bond acceptors (Lipinski definition) is 3. The fourth-order valence-electron chi connectivity index (χ4n) is 3.52. The third-order valence-electron chi connectivity index (χ3n) is 4.61. The Bertz CT molecular complexity index is 680. The van der Waals surface area contributed by atoms with Gasteiger partial charge in [0.1, 0.15) is 6.17 Å². The van der Waals surface area contributed by atoms with Gasteiger partial charge in [-0.15, -0.1) is 0 Å². The number of aromatic nitrogens is 1. The highest BCUT2D eigenvalue weighted by Gasteiger charge is 2.39. The van der Waals surface area contributed by atoms with E-state index in [9.17, 15) is 14.4 Å². The third-order valence-corrected chi connectivity index (χ3v) is 4.61. The van der Waals surface area contributed by atoms with Crippen molar-refractivity contribution in [3.63, 3.8) is 0 Å². The molecule has 22 heavy (non-hydrogen) atoms. The van der Waals surface area contributed by atoms with Crippen molar-refractivity contribution in [1.82, 2.24) is 14.8 Å². The summed E-state index contributed by atoms with van der Waals surface area (Å²) in [6, 6.07) is 1.88. The van der Waals surface area contributed by atoms with Gasteiger partial charge >= 0.3 is 0 Å². The van der Waals surface area contributed by atoms with Crippen LogP contribution in [0.4, 0.5) is 0 Å². The highest BCUT2D eigenvalue weighted by molar-refractivity contribution is 5.84. The number of carbonyl (C=O) groups excluding carboxylic acids is 2. The molecule has 1 aromatic heterocycles. The van der Waals surface area contributed by atoms with E-state index in [1.807, 2.05) is 19.9 Å². The molecule has 2 aliphatic heterocycles. The number of hydrogen-bond donors (Lipinski definition) is 1. The number of rotatable bonds is 2. The summed E-state index contributed by atoms with van der Waals surface area (Å²) >= 11 is 0. The first-order chi connectivity index (χ1) is 10.5. The highest BCUT2D eigenvalue weighted by atomic mass is 16.2. The van der Waals surface area contributed by atoms with Gasteiger partial charge in [0.05, 0.1) is 6.42 Å². The van der Waals surface area contributed by atoms with E-state index in [2.05, 4.69) is 4.98 Å². The van der Waals surface area contributed by atoms with Crippen molar-refractivity contribution in [2.24, 2.45) is 0 Å². The first-order valence-electron chi connectivity index (χ1n) is 7.75. The van der Waals surface area contributed by atoms with Gasteiger partial charge in [-0.05, 0) is 38.3 Å². The summed E-state index contributed by atoms with van der Waals surface area (Å²) in [6.45, 7) is 4.87. The fourth-order valence-corrected chi connectivity index (χ4v) is 3.52. The standard InChI is InChI=1S/C16H21N3O3/c1-10-8-11(2)17-16(22)12(10)9-15(21)19-7-5-14(20)18-6-3-4-13(18)19/h8,13H,3-7,9H2,1-2H3,(H,17,22). The molecular weight excluding hydrogens is 282 g/mol. The zero-order chi connectivity index (χ0) is 15.9. The Morgan fingerprint density at radius 2 is 2.09 bits per heavy atom. The van der Waals surface area contributed by atoms with Crippen molar-refractivity contribution in [2.75, 3.05) is 13.1 Å². The molecule has 1 aromatic rings. The number of nitrogens with zero attached hydrogens (tertiary/aromatic N) is 2. The Morgan fingerprint density at radius 1 is 1.32 bits per heavy atom. The maximum atomic E-state index is 12.6. The van der Waals surface area contributed by atoms with Crippen LogP contribution in [0.2, 0.25) is 0 Å². The molecular formula is C16H21N3O3. The number of amides is 2. The second-order valence-corrected chi connectivity index (χ2v) is 6.17. The molecule has 2 saturated heterocycles. The van der Waals surface area contributed by atoms with Crippen molar-refractivity contribution in [2.45, 2.75) is 45.7 Å². The average Bonchev–Trinajstić information content (AvgIpc) is 2.93. The van der Waals surface area contributed by atoms with Crippen LogP contribution in [-0.2, 0) is 16.0 Å². The molecule has 0 bridgehead atoms. The first kappa shape index (κ1) is 14.8. The second-order valence-electron chi connectivity index (χ2n) is 6.17. The highest BCUT2D eigenvalue weighted by Crippen LogP contribution is 2.26. The number of H-pyrrole nitrogens is 1. The summed E-state index contributed by atoms with van der Waals surface area (Å²) in [7, 11) is 0. The molecule has 1 atom stereocenters. The van der Waals surface area contributed by atoms with Crippen molar-refractivity contribution < 1.29 is 9.59 Å². The number of pyridine rings is 1. The number of carbonyl (C=O) groups is 2. The average molecular weight is 303 g/mol. The smallest absolute Gasteiger partial charge is 0.252 e. The molecule has 0 radical (unpaired) electrons. The lowest BCUT2D eigenvalue weighted by molar-refractivity contribution is -0.150. The monoisotopic (exact) mass is 303 g/mol. The van der Waals surface area contributed by atoms with E-state index in [4.69, 9.17) is 0 Å². The van der Waals surface area contributed by atoms with E-state index in [-0.39, 0.29) is 30.0 Å². The van der Waals surface area contributed by atoms with Crippen molar-refractivity contribution in [1.29, 1.82) is 0 Å². The fraction of sp³-hybridized carbons (Fsp3) is 0.562. The molecule has 0 saturated carbocycles. The van der Waals surface area contributed by atoms with Gasteiger partial charge in [-0.1, -0.05) is 0 Å². The molecule has 1 unspecified atom stereocenters. The lowest BCUT2D eigenvalue weighted by Gasteiger charge is -2.39. The summed E-state index contributed by atoms with van der Waals surface area (Å²) in [4.78, 5) is 42.9. The minimum atomic E-state index is -0.192. The Hall–Kier alpha value is -2.11. The minimum absolute atomic E-state index is 0.0677. The third kappa shape index (κ3) is 2.53. The Labute approximate surface area is 129 Å². The number of aryl methyl sites for hydroxylation is 2. The number of nitrogens with one attached hydrogen (secondary N) is 1. The quantitative estimate of drug-likeness (QED) is 0.874. The zero-order valence-electron chi connectivity index (χ0n) is 13.0. The molecule has 3 heterocycles. The van der Waals surface area contributed by atoms with Crippen molar-refractivity contribution >= 4 is 11.8 Å². The van der Waals surface area contributed by atoms with Crippen LogP contribution in [0.1, 0.15) is 36.1 Å².